The van der Waals surface area contributed by atoms with Crippen LogP contribution in [0.2, 0.25) is 0 Å². The molecule has 1 aliphatic heterocycles. The fourth-order valence-corrected chi connectivity index (χ4v) is 0.368. The number of hydrogen-bond acceptors (Lipinski definition) is 2. The number of ether oxygens (including phenoxy) is 1. The van der Waals surface area contributed by atoms with Gasteiger partial charge in [-0.3, -0.25) is 0 Å². The Morgan fingerprint density at radius 1 is 1.38 bits per heavy atom. The van der Waals surface area contributed by atoms with Crippen LogP contribution < -0.4 is 34.7 Å². The molecule has 3 heteroatoms. The molecule has 1 heterocycles. The third kappa shape index (κ3) is 2.52. The maximum atomic E-state index is 10.2. The van der Waals surface area contributed by atoms with E-state index in [1.807, 2.05) is 0 Å². The standard InChI is InChI=1S/C5H5O2.Na/c6-5-3-1-2-4-7-5;/h1-5H;/q-1;+1. The molecule has 1 atom stereocenters. The van der Waals surface area contributed by atoms with Crippen molar-refractivity contribution in [3.05, 3.63) is 24.5 Å². The minimum atomic E-state index is -0.981. The van der Waals surface area contributed by atoms with Gasteiger partial charge in [0, 0.05) is 6.29 Å². The van der Waals surface area contributed by atoms with E-state index in [1.54, 1.807) is 12.2 Å². The molecule has 0 bridgehead atoms. The molecule has 0 aliphatic carbocycles. The van der Waals surface area contributed by atoms with Crippen LogP contribution in [-0.2, 0) is 4.74 Å². The number of rotatable bonds is 0. The van der Waals surface area contributed by atoms with Gasteiger partial charge >= 0.3 is 29.6 Å². The summed E-state index contributed by atoms with van der Waals surface area (Å²) in [6.07, 6.45) is 5.19. The van der Waals surface area contributed by atoms with E-state index in [-0.39, 0.29) is 29.6 Å². The van der Waals surface area contributed by atoms with Crippen molar-refractivity contribution >= 4 is 0 Å². The molecule has 2 nitrogen and oxygen atoms in total. The summed E-state index contributed by atoms with van der Waals surface area (Å²) in [7, 11) is 0. The maximum absolute atomic E-state index is 10.2. The molecule has 0 amide bonds. The summed E-state index contributed by atoms with van der Waals surface area (Å²) in [4.78, 5) is 0. The molecule has 0 fully saturated rings. The van der Waals surface area contributed by atoms with Crippen LogP contribution in [0.4, 0.5) is 0 Å². The Balaban J connectivity index is 0.000000490. The molecule has 0 saturated heterocycles. The van der Waals surface area contributed by atoms with Gasteiger partial charge in [0.1, 0.15) is 0 Å². The molecule has 1 aliphatic rings. The monoisotopic (exact) mass is 120 g/mol. The van der Waals surface area contributed by atoms with Gasteiger partial charge in [-0.05, 0) is 6.08 Å². The van der Waals surface area contributed by atoms with Crippen LogP contribution in [0.5, 0.6) is 0 Å². The van der Waals surface area contributed by atoms with Crippen LogP contribution in [0.15, 0.2) is 24.5 Å². The summed E-state index contributed by atoms with van der Waals surface area (Å²) in [6, 6.07) is 0. The van der Waals surface area contributed by atoms with Crippen molar-refractivity contribution in [2.45, 2.75) is 6.29 Å². The van der Waals surface area contributed by atoms with E-state index in [0.717, 1.165) is 0 Å². The number of hydrogen-bond donors (Lipinski definition) is 0. The second kappa shape index (κ2) is 4.15. The molecule has 38 valence electrons. The van der Waals surface area contributed by atoms with Gasteiger partial charge in [-0.2, -0.15) is 0 Å². The van der Waals surface area contributed by atoms with E-state index in [1.165, 1.54) is 12.3 Å². The van der Waals surface area contributed by atoms with Crippen LogP contribution in [0.25, 0.3) is 0 Å². The van der Waals surface area contributed by atoms with E-state index in [0.29, 0.717) is 0 Å². The largest absolute Gasteiger partial charge is 1.00 e. The predicted octanol–water partition coefficient (Wildman–Crippen LogP) is -3.22. The molecule has 0 aromatic heterocycles. The van der Waals surface area contributed by atoms with Gasteiger partial charge in [0.15, 0.2) is 0 Å². The molecule has 8 heavy (non-hydrogen) atoms. The van der Waals surface area contributed by atoms with E-state index in [2.05, 4.69) is 4.74 Å². The average Bonchev–Trinajstić information content (AvgIpc) is 1.69. The number of allylic oxidation sites excluding steroid dienone is 2. The first-order valence-electron chi connectivity index (χ1n) is 2.04. The van der Waals surface area contributed by atoms with Gasteiger partial charge in [-0.15, -0.1) is 0 Å². The quantitative estimate of drug-likeness (QED) is 0.315. The van der Waals surface area contributed by atoms with E-state index >= 15 is 0 Å². The van der Waals surface area contributed by atoms with Crippen molar-refractivity contribution in [1.29, 1.82) is 0 Å². The predicted molar refractivity (Wildman–Crippen MR) is 23.2 cm³/mol. The third-order valence-electron chi connectivity index (χ3n) is 0.671. The Kier molecular flexibility index (Phi) is 4.28. The third-order valence-corrected chi connectivity index (χ3v) is 0.671. The van der Waals surface area contributed by atoms with E-state index in [9.17, 15) is 5.11 Å². The van der Waals surface area contributed by atoms with Crippen LogP contribution in [-0.4, -0.2) is 6.29 Å². The molecule has 0 aromatic rings. The average molecular weight is 120 g/mol. The molecule has 0 radical (unpaired) electrons. The first-order chi connectivity index (χ1) is 3.39. The van der Waals surface area contributed by atoms with Gasteiger partial charge in [-0.25, -0.2) is 0 Å². The summed E-state index contributed by atoms with van der Waals surface area (Å²) in [5.74, 6) is 0. The molecule has 0 aromatic carbocycles. The van der Waals surface area contributed by atoms with Crippen LogP contribution >= 0.6 is 0 Å². The zero-order valence-corrected chi connectivity index (χ0v) is 6.70. The molecule has 0 spiro atoms. The van der Waals surface area contributed by atoms with Crippen molar-refractivity contribution in [3.8, 4) is 0 Å². The Bertz CT molecular complexity index is 109. The fraction of sp³-hybridized carbons (Fsp3) is 0.200. The molecular formula is C5H5NaO2. The molecule has 0 saturated carbocycles. The smallest absolute Gasteiger partial charge is 0.818 e. The Hall–Kier alpha value is 0.240. The SMILES string of the molecule is [Na+].[O-]C1C=CC=CO1. The maximum Gasteiger partial charge on any atom is 1.00 e. The zero-order valence-electron chi connectivity index (χ0n) is 4.70. The van der Waals surface area contributed by atoms with Gasteiger partial charge in [-0.1, -0.05) is 12.2 Å². The van der Waals surface area contributed by atoms with Crippen molar-refractivity contribution in [2.24, 2.45) is 0 Å². The van der Waals surface area contributed by atoms with Crippen LogP contribution in [0.3, 0.4) is 0 Å². The first kappa shape index (κ1) is 8.24. The zero-order chi connectivity index (χ0) is 5.11. The first-order valence-corrected chi connectivity index (χ1v) is 2.04. The van der Waals surface area contributed by atoms with Crippen LogP contribution in [0, 0.1) is 0 Å². The summed E-state index contributed by atoms with van der Waals surface area (Å²) >= 11 is 0. The van der Waals surface area contributed by atoms with Gasteiger partial charge in [0.2, 0.25) is 0 Å². The van der Waals surface area contributed by atoms with Crippen molar-refractivity contribution in [2.75, 3.05) is 0 Å². The van der Waals surface area contributed by atoms with Gasteiger partial charge < -0.3 is 9.84 Å². The topological polar surface area (TPSA) is 32.3 Å². The summed E-state index contributed by atoms with van der Waals surface area (Å²) in [5.41, 5.74) is 0. The molecule has 1 rings (SSSR count). The molecule has 1 unspecified atom stereocenters. The summed E-state index contributed by atoms with van der Waals surface area (Å²) in [6.45, 7) is 0. The van der Waals surface area contributed by atoms with Gasteiger partial charge in [0.05, 0.1) is 6.26 Å². The van der Waals surface area contributed by atoms with Crippen LogP contribution in [0.1, 0.15) is 0 Å². The second-order valence-corrected chi connectivity index (χ2v) is 1.22. The molecule has 0 N–H and O–H groups in total. The normalized spacial score (nSPS) is 23.9. The fourth-order valence-electron chi connectivity index (χ4n) is 0.368. The minimum Gasteiger partial charge on any atom is -0.818 e. The van der Waals surface area contributed by atoms with E-state index in [4.69, 9.17) is 0 Å². The molecular weight excluding hydrogens is 115 g/mol. The summed E-state index contributed by atoms with van der Waals surface area (Å²) < 4.78 is 4.45. The van der Waals surface area contributed by atoms with E-state index < -0.39 is 6.29 Å². The van der Waals surface area contributed by atoms with Crippen molar-refractivity contribution < 1.29 is 39.4 Å². The van der Waals surface area contributed by atoms with Crippen molar-refractivity contribution in [3.63, 3.8) is 0 Å². The Morgan fingerprint density at radius 2 is 2.12 bits per heavy atom. The van der Waals surface area contributed by atoms with Crippen molar-refractivity contribution in [1.82, 2.24) is 0 Å². The van der Waals surface area contributed by atoms with Gasteiger partial charge in [0.25, 0.3) is 0 Å². The second-order valence-electron chi connectivity index (χ2n) is 1.22. The summed E-state index contributed by atoms with van der Waals surface area (Å²) in [5, 5.41) is 10.2. The Labute approximate surface area is 70.1 Å². The minimum absolute atomic E-state index is 0. The Morgan fingerprint density at radius 3 is 2.38 bits per heavy atom.